The van der Waals surface area contributed by atoms with Crippen molar-refractivity contribution in [2.45, 2.75) is 78.1 Å². The molecule has 0 bridgehead atoms. The van der Waals surface area contributed by atoms with Crippen LogP contribution in [0.5, 0.6) is 0 Å². The van der Waals surface area contributed by atoms with E-state index >= 15 is 0 Å². The Kier molecular flexibility index (Phi) is 3.63. The summed E-state index contributed by atoms with van der Waals surface area (Å²) in [5, 5.41) is 0. The molecule has 20 heavy (non-hydrogen) atoms. The molecule has 0 heterocycles. The molecule has 0 aromatic heterocycles. The van der Waals surface area contributed by atoms with Crippen molar-refractivity contribution < 1.29 is 0 Å². The molecule has 8 atom stereocenters. The minimum Gasteiger partial charge on any atom is -0.0622 e. The topological polar surface area (TPSA) is 0 Å². The van der Waals surface area contributed by atoms with Crippen molar-refractivity contribution in [2.75, 3.05) is 0 Å². The lowest BCUT2D eigenvalue weighted by molar-refractivity contribution is -0.0330. The highest BCUT2D eigenvalue weighted by Crippen LogP contribution is 2.56. The van der Waals surface area contributed by atoms with Crippen molar-refractivity contribution in [2.24, 2.45) is 47.3 Å². The van der Waals surface area contributed by atoms with Gasteiger partial charge in [0.2, 0.25) is 0 Å². The minimum atomic E-state index is 1.04. The average molecular weight is 274 g/mol. The zero-order chi connectivity index (χ0) is 13.7. The van der Waals surface area contributed by atoms with Crippen molar-refractivity contribution in [1.29, 1.82) is 0 Å². The van der Waals surface area contributed by atoms with Crippen LogP contribution in [0.4, 0.5) is 0 Å². The second kappa shape index (κ2) is 5.33. The SMILES string of the molecule is CC1CCCC2CC3CC4C(C)CCCC4CC3CC12. The molecule has 8 unspecified atom stereocenters. The Bertz CT molecular complexity index is 312. The van der Waals surface area contributed by atoms with Crippen LogP contribution in [0.15, 0.2) is 0 Å². The predicted octanol–water partition coefficient (Wildman–Crippen LogP) is 5.91. The van der Waals surface area contributed by atoms with Gasteiger partial charge in [-0.2, -0.15) is 0 Å². The first-order valence-electron chi connectivity index (χ1n) is 9.72. The minimum absolute atomic E-state index is 1.04. The monoisotopic (exact) mass is 274 g/mol. The third kappa shape index (κ3) is 2.26. The Hall–Kier alpha value is 0. The molecule has 0 aliphatic heterocycles. The molecule has 0 radical (unpaired) electrons. The number of rotatable bonds is 0. The van der Waals surface area contributed by atoms with E-state index in [1.165, 1.54) is 25.7 Å². The summed E-state index contributed by atoms with van der Waals surface area (Å²) in [6, 6.07) is 0. The van der Waals surface area contributed by atoms with Gasteiger partial charge in [0.1, 0.15) is 0 Å². The van der Waals surface area contributed by atoms with Crippen molar-refractivity contribution in [3.63, 3.8) is 0 Å². The quantitative estimate of drug-likeness (QED) is 0.515. The summed E-state index contributed by atoms with van der Waals surface area (Å²) in [7, 11) is 0. The lowest BCUT2D eigenvalue weighted by Crippen LogP contribution is -2.44. The number of hydrogen-bond donors (Lipinski definition) is 0. The number of hydrogen-bond acceptors (Lipinski definition) is 0. The molecule has 0 aromatic carbocycles. The molecule has 4 aliphatic carbocycles. The van der Waals surface area contributed by atoms with E-state index in [1.807, 2.05) is 0 Å². The van der Waals surface area contributed by atoms with E-state index in [1.54, 1.807) is 38.5 Å². The van der Waals surface area contributed by atoms with Crippen molar-refractivity contribution in [3.8, 4) is 0 Å². The molecule has 4 saturated carbocycles. The third-order valence-corrected chi connectivity index (χ3v) is 8.17. The van der Waals surface area contributed by atoms with Crippen LogP contribution in [0.2, 0.25) is 0 Å². The summed E-state index contributed by atoms with van der Waals surface area (Å²) in [6.07, 6.45) is 15.7. The standard InChI is InChI=1S/C20H34/c1-13-5-3-7-15-9-18-12-20-14(2)6-4-8-16(20)10-17(18)11-19(13)15/h13-20H,3-12H2,1-2H3. The van der Waals surface area contributed by atoms with Gasteiger partial charge in [0.05, 0.1) is 0 Å². The molecule has 4 rings (SSSR count). The van der Waals surface area contributed by atoms with E-state index in [9.17, 15) is 0 Å². The van der Waals surface area contributed by atoms with E-state index in [0.29, 0.717) is 0 Å². The molecule has 0 amide bonds. The molecule has 4 fully saturated rings. The van der Waals surface area contributed by atoms with Crippen molar-refractivity contribution in [3.05, 3.63) is 0 Å². The van der Waals surface area contributed by atoms with Gasteiger partial charge in [-0.25, -0.2) is 0 Å². The molecule has 0 saturated heterocycles. The van der Waals surface area contributed by atoms with Gasteiger partial charge in [0, 0.05) is 0 Å². The third-order valence-electron chi connectivity index (χ3n) is 8.17. The molecule has 0 heteroatoms. The highest BCUT2D eigenvalue weighted by molar-refractivity contribution is 4.97. The normalized spacial score (nSPS) is 55.5. The average Bonchev–Trinajstić information content (AvgIpc) is 2.45. The van der Waals surface area contributed by atoms with E-state index in [2.05, 4.69) is 13.8 Å². The maximum absolute atomic E-state index is 2.56. The Morgan fingerprint density at radius 3 is 1.40 bits per heavy atom. The Morgan fingerprint density at radius 2 is 0.950 bits per heavy atom. The van der Waals surface area contributed by atoms with Crippen LogP contribution in [-0.2, 0) is 0 Å². The van der Waals surface area contributed by atoms with Crippen LogP contribution in [0.1, 0.15) is 78.1 Å². The zero-order valence-electron chi connectivity index (χ0n) is 13.7. The first kappa shape index (κ1) is 13.6. The van der Waals surface area contributed by atoms with E-state index in [0.717, 1.165) is 47.3 Å². The maximum Gasteiger partial charge on any atom is -0.0357 e. The lowest BCUT2D eigenvalue weighted by atomic mass is 9.52. The molecule has 4 aliphatic rings. The summed E-state index contributed by atoms with van der Waals surface area (Å²) in [5.41, 5.74) is 0. The van der Waals surface area contributed by atoms with Gasteiger partial charge in [-0.1, -0.05) is 52.4 Å². The van der Waals surface area contributed by atoms with Crippen LogP contribution in [0.3, 0.4) is 0 Å². The first-order chi connectivity index (χ1) is 9.72. The number of fused-ring (bicyclic) bond motifs is 3. The molecule has 0 N–H and O–H groups in total. The molecule has 0 nitrogen and oxygen atoms in total. The highest BCUT2D eigenvalue weighted by atomic mass is 14.5. The summed E-state index contributed by atoms with van der Waals surface area (Å²) in [5.74, 6) is 8.80. The van der Waals surface area contributed by atoms with Crippen LogP contribution in [-0.4, -0.2) is 0 Å². The fourth-order valence-electron chi connectivity index (χ4n) is 7.06. The van der Waals surface area contributed by atoms with Crippen LogP contribution < -0.4 is 0 Å². The van der Waals surface area contributed by atoms with Gasteiger partial charge < -0.3 is 0 Å². The van der Waals surface area contributed by atoms with Gasteiger partial charge in [-0.15, -0.1) is 0 Å². The predicted molar refractivity (Wildman–Crippen MR) is 85.4 cm³/mol. The molecular weight excluding hydrogens is 240 g/mol. The van der Waals surface area contributed by atoms with Crippen LogP contribution >= 0.6 is 0 Å². The molecule has 0 spiro atoms. The first-order valence-corrected chi connectivity index (χ1v) is 9.72. The van der Waals surface area contributed by atoms with Crippen LogP contribution in [0.25, 0.3) is 0 Å². The summed E-state index contributed by atoms with van der Waals surface area (Å²) in [4.78, 5) is 0. The van der Waals surface area contributed by atoms with Gasteiger partial charge in [0.15, 0.2) is 0 Å². The largest absolute Gasteiger partial charge is 0.0622 e. The second-order valence-corrected chi connectivity index (χ2v) is 9.13. The Balaban J connectivity index is 1.49. The van der Waals surface area contributed by atoms with Crippen molar-refractivity contribution >= 4 is 0 Å². The molecule has 0 aromatic rings. The summed E-state index contributed by atoms with van der Waals surface area (Å²) < 4.78 is 0. The molecule has 114 valence electrons. The highest BCUT2D eigenvalue weighted by Gasteiger charge is 2.46. The van der Waals surface area contributed by atoms with Gasteiger partial charge in [0.25, 0.3) is 0 Å². The van der Waals surface area contributed by atoms with E-state index < -0.39 is 0 Å². The lowest BCUT2D eigenvalue weighted by Gasteiger charge is -2.53. The fraction of sp³-hybridized carbons (Fsp3) is 1.00. The van der Waals surface area contributed by atoms with E-state index in [-0.39, 0.29) is 0 Å². The van der Waals surface area contributed by atoms with Gasteiger partial charge in [-0.05, 0) is 73.0 Å². The maximum atomic E-state index is 2.56. The Morgan fingerprint density at radius 1 is 0.500 bits per heavy atom. The fourth-order valence-corrected chi connectivity index (χ4v) is 7.06. The second-order valence-electron chi connectivity index (χ2n) is 9.13. The zero-order valence-corrected chi connectivity index (χ0v) is 13.7. The molecular formula is C20H34. The smallest absolute Gasteiger partial charge is 0.0357 e. The summed E-state index contributed by atoms with van der Waals surface area (Å²) in [6.45, 7) is 5.12. The van der Waals surface area contributed by atoms with Gasteiger partial charge in [-0.3, -0.25) is 0 Å². The van der Waals surface area contributed by atoms with Crippen molar-refractivity contribution in [1.82, 2.24) is 0 Å². The Labute approximate surface area is 126 Å². The van der Waals surface area contributed by atoms with Gasteiger partial charge >= 0.3 is 0 Å². The van der Waals surface area contributed by atoms with E-state index in [4.69, 9.17) is 0 Å². The van der Waals surface area contributed by atoms with Crippen LogP contribution in [0, 0.1) is 47.3 Å². The summed E-state index contributed by atoms with van der Waals surface area (Å²) >= 11 is 0.